The number of nitrogens with zero attached hydrogens (tertiary/aromatic N) is 2. The fraction of sp³-hybridized carbons (Fsp3) is 0.833. The number of likely N-dealkylation sites (tertiary alicyclic amines) is 1. The van der Waals surface area contributed by atoms with Crippen LogP contribution in [-0.2, 0) is 0 Å². The molecule has 0 amide bonds. The van der Waals surface area contributed by atoms with Crippen molar-refractivity contribution in [3.05, 3.63) is 12.2 Å². The number of aliphatic imine (C=N–C) groups is 1. The van der Waals surface area contributed by atoms with Crippen LogP contribution < -0.4 is 10.6 Å². The lowest BCUT2D eigenvalue weighted by molar-refractivity contribution is 0.221. The van der Waals surface area contributed by atoms with E-state index in [0.29, 0.717) is 6.04 Å². The van der Waals surface area contributed by atoms with Crippen LogP contribution in [0.5, 0.6) is 0 Å². The quantitative estimate of drug-likeness (QED) is 0.202. The number of hydrogen-bond acceptors (Lipinski definition) is 2. The van der Waals surface area contributed by atoms with Crippen molar-refractivity contribution in [3.63, 3.8) is 0 Å². The Balaban J connectivity index is 0.00000264. The first-order chi connectivity index (χ1) is 10.7. The van der Waals surface area contributed by atoms with Gasteiger partial charge in [-0.05, 0) is 45.4 Å². The van der Waals surface area contributed by atoms with E-state index < -0.39 is 0 Å². The molecule has 1 aliphatic heterocycles. The number of piperidine rings is 1. The number of rotatable bonds is 8. The Bertz CT molecular complexity index is 371. The SMILES string of the molecule is C=C(C)CN1CCC(NC(=NCCCC2CC2)NCC)CC1.I. The Morgan fingerprint density at radius 1 is 1.22 bits per heavy atom. The van der Waals surface area contributed by atoms with E-state index >= 15 is 0 Å². The second kappa shape index (κ2) is 11.3. The molecule has 134 valence electrons. The van der Waals surface area contributed by atoms with Crippen molar-refractivity contribution in [2.75, 3.05) is 32.7 Å². The first-order valence-electron chi connectivity index (χ1n) is 9.09. The third-order valence-electron chi connectivity index (χ3n) is 4.50. The van der Waals surface area contributed by atoms with Gasteiger partial charge in [0, 0.05) is 38.8 Å². The largest absolute Gasteiger partial charge is 0.357 e. The van der Waals surface area contributed by atoms with Crippen molar-refractivity contribution < 1.29 is 0 Å². The highest BCUT2D eigenvalue weighted by Crippen LogP contribution is 2.33. The summed E-state index contributed by atoms with van der Waals surface area (Å²) in [5.41, 5.74) is 1.26. The van der Waals surface area contributed by atoms with Gasteiger partial charge in [-0.3, -0.25) is 9.89 Å². The van der Waals surface area contributed by atoms with Crippen molar-refractivity contribution in [2.24, 2.45) is 10.9 Å². The molecule has 2 rings (SSSR count). The van der Waals surface area contributed by atoms with Crippen LogP contribution in [-0.4, -0.2) is 49.6 Å². The first kappa shape index (κ1) is 20.7. The Hall–Kier alpha value is -0.300. The third kappa shape index (κ3) is 8.94. The van der Waals surface area contributed by atoms with Crippen LogP contribution in [0.4, 0.5) is 0 Å². The van der Waals surface area contributed by atoms with E-state index in [9.17, 15) is 0 Å². The predicted molar refractivity (Wildman–Crippen MR) is 111 cm³/mol. The zero-order chi connectivity index (χ0) is 15.8. The van der Waals surface area contributed by atoms with Crippen LogP contribution in [0.2, 0.25) is 0 Å². The Morgan fingerprint density at radius 2 is 1.91 bits per heavy atom. The van der Waals surface area contributed by atoms with Crippen LogP contribution in [0.1, 0.15) is 52.4 Å². The molecule has 4 nitrogen and oxygen atoms in total. The molecule has 0 aromatic carbocycles. The lowest BCUT2D eigenvalue weighted by Gasteiger charge is -2.33. The van der Waals surface area contributed by atoms with Gasteiger partial charge < -0.3 is 10.6 Å². The molecule has 0 aromatic heterocycles. The molecule has 1 saturated carbocycles. The minimum atomic E-state index is 0. The normalized spacial score (nSPS) is 20.0. The van der Waals surface area contributed by atoms with Gasteiger partial charge in [-0.2, -0.15) is 0 Å². The highest BCUT2D eigenvalue weighted by atomic mass is 127. The lowest BCUT2D eigenvalue weighted by atomic mass is 10.0. The average molecular weight is 434 g/mol. The van der Waals surface area contributed by atoms with E-state index in [2.05, 4.69) is 36.0 Å². The minimum Gasteiger partial charge on any atom is -0.357 e. The van der Waals surface area contributed by atoms with Gasteiger partial charge in [0.2, 0.25) is 0 Å². The van der Waals surface area contributed by atoms with Crippen LogP contribution in [0, 0.1) is 5.92 Å². The maximum absolute atomic E-state index is 4.74. The monoisotopic (exact) mass is 434 g/mol. The topological polar surface area (TPSA) is 39.7 Å². The summed E-state index contributed by atoms with van der Waals surface area (Å²) in [4.78, 5) is 7.24. The molecule has 5 heteroatoms. The van der Waals surface area contributed by atoms with Crippen LogP contribution in [0.3, 0.4) is 0 Å². The second-order valence-electron chi connectivity index (χ2n) is 7.00. The Morgan fingerprint density at radius 3 is 2.48 bits per heavy atom. The molecule has 1 heterocycles. The molecule has 0 atom stereocenters. The van der Waals surface area contributed by atoms with Crippen molar-refractivity contribution in [2.45, 2.75) is 58.4 Å². The predicted octanol–water partition coefficient (Wildman–Crippen LogP) is 3.39. The smallest absolute Gasteiger partial charge is 0.191 e. The molecule has 0 aromatic rings. The highest BCUT2D eigenvalue weighted by Gasteiger charge is 2.21. The Kier molecular flexibility index (Phi) is 10.2. The number of guanidine groups is 1. The molecule has 23 heavy (non-hydrogen) atoms. The fourth-order valence-corrected chi connectivity index (χ4v) is 3.11. The van der Waals surface area contributed by atoms with Crippen molar-refractivity contribution in [1.82, 2.24) is 15.5 Å². The summed E-state index contributed by atoms with van der Waals surface area (Å²) in [6.45, 7) is 13.5. The van der Waals surface area contributed by atoms with Gasteiger partial charge in [0.05, 0.1) is 0 Å². The third-order valence-corrected chi connectivity index (χ3v) is 4.50. The van der Waals surface area contributed by atoms with Crippen LogP contribution in [0.25, 0.3) is 0 Å². The molecule has 0 radical (unpaired) electrons. The second-order valence-corrected chi connectivity index (χ2v) is 7.00. The van der Waals surface area contributed by atoms with Gasteiger partial charge >= 0.3 is 0 Å². The first-order valence-corrected chi connectivity index (χ1v) is 9.09. The lowest BCUT2D eigenvalue weighted by Crippen LogP contribution is -2.48. The Labute approximate surface area is 159 Å². The fourth-order valence-electron chi connectivity index (χ4n) is 3.11. The number of hydrogen-bond donors (Lipinski definition) is 2. The molecule has 1 aliphatic carbocycles. The van der Waals surface area contributed by atoms with Crippen molar-refractivity contribution in [1.29, 1.82) is 0 Å². The molecule has 0 spiro atoms. The zero-order valence-electron chi connectivity index (χ0n) is 14.9. The summed E-state index contributed by atoms with van der Waals surface area (Å²) in [6, 6.07) is 0.558. The summed E-state index contributed by atoms with van der Waals surface area (Å²) < 4.78 is 0. The summed E-state index contributed by atoms with van der Waals surface area (Å²) >= 11 is 0. The molecule has 0 bridgehead atoms. The molecule has 2 N–H and O–H groups in total. The van der Waals surface area contributed by atoms with E-state index in [1.165, 1.54) is 44.1 Å². The molecule has 2 fully saturated rings. The highest BCUT2D eigenvalue weighted by molar-refractivity contribution is 14.0. The maximum atomic E-state index is 4.74. The van der Waals surface area contributed by atoms with Gasteiger partial charge in [0.25, 0.3) is 0 Å². The number of nitrogens with one attached hydrogen (secondary N) is 2. The summed E-state index contributed by atoms with van der Waals surface area (Å²) in [5, 5.41) is 7.01. The summed E-state index contributed by atoms with van der Waals surface area (Å²) in [6.07, 6.45) is 7.88. The summed E-state index contributed by atoms with van der Waals surface area (Å²) in [5.74, 6) is 2.03. The van der Waals surface area contributed by atoms with Crippen molar-refractivity contribution in [3.8, 4) is 0 Å². The minimum absolute atomic E-state index is 0. The van der Waals surface area contributed by atoms with Crippen molar-refractivity contribution >= 4 is 29.9 Å². The van der Waals surface area contributed by atoms with Gasteiger partial charge in [-0.15, -0.1) is 24.0 Å². The standard InChI is InChI=1S/C18H34N4.HI/c1-4-19-18(20-11-5-6-16-7-8-16)21-17-9-12-22(13-10-17)14-15(2)3;/h16-17H,2,4-14H2,1,3H3,(H2,19,20,21);1H. The van der Waals surface area contributed by atoms with Gasteiger partial charge in [-0.1, -0.05) is 25.0 Å². The van der Waals surface area contributed by atoms with Gasteiger partial charge in [0.1, 0.15) is 0 Å². The molecular weight excluding hydrogens is 399 g/mol. The van der Waals surface area contributed by atoms with Crippen LogP contribution >= 0.6 is 24.0 Å². The average Bonchev–Trinajstić information content (AvgIpc) is 3.29. The summed E-state index contributed by atoms with van der Waals surface area (Å²) in [7, 11) is 0. The van der Waals surface area contributed by atoms with E-state index in [0.717, 1.165) is 44.6 Å². The van der Waals surface area contributed by atoms with E-state index in [4.69, 9.17) is 4.99 Å². The zero-order valence-corrected chi connectivity index (χ0v) is 17.3. The maximum Gasteiger partial charge on any atom is 0.191 e. The van der Waals surface area contributed by atoms with E-state index in [1.54, 1.807) is 0 Å². The number of halogens is 1. The van der Waals surface area contributed by atoms with E-state index in [1.807, 2.05) is 0 Å². The molecule has 1 saturated heterocycles. The molecule has 0 unspecified atom stereocenters. The molecule has 2 aliphatic rings. The van der Waals surface area contributed by atoms with Crippen LogP contribution in [0.15, 0.2) is 17.1 Å². The van der Waals surface area contributed by atoms with Gasteiger partial charge in [0.15, 0.2) is 5.96 Å². The molecular formula is C18H35IN4. The van der Waals surface area contributed by atoms with Gasteiger partial charge in [-0.25, -0.2) is 0 Å². The van der Waals surface area contributed by atoms with E-state index in [-0.39, 0.29) is 24.0 Å².